The summed E-state index contributed by atoms with van der Waals surface area (Å²) in [5, 5.41) is 8.57. The number of carboxylic acids is 1. The molecule has 0 radical (unpaired) electrons. The molecule has 18 heavy (non-hydrogen) atoms. The summed E-state index contributed by atoms with van der Waals surface area (Å²) < 4.78 is 0. The quantitative estimate of drug-likeness (QED) is 0.488. The van der Waals surface area contributed by atoms with Crippen molar-refractivity contribution in [2.24, 2.45) is 5.73 Å². The van der Waals surface area contributed by atoms with Crippen molar-refractivity contribution in [3.05, 3.63) is 0 Å². The zero-order valence-corrected chi connectivity index (χ0v) is 12.0. The molecular formula is C15H31NO2. The van der Waals surface area contributed by atoms with E-state index in [0.29, 0.717) is 0 Å². The van der Waals surface area contributed by atoms with E-state index in [0.717, 1.165) is 12.8 Å². The molecule has 0 rings (SSSR count). The van der Waals surface area contributed by atoms with Crippen molar-refractivity contribution < 1.29 is 9.90 Å². The Labute approximate surface area is 112 Å². The van der Waals surface area contributed by atoms with Crippen LogP contribution in [0.15, 0.2) is 0 Å². The van der Waals surface area contributed by atoms with Crippen molar-refractivity contribution in [2.45, 2.75) is 90.0 Å². The number of hydrogen-bond acceptors (Lipinski definition) is 2. The van der Waals surface area contributed by atoms with Gasteiger partial charge >= 0.3 is 5.97 Å². The molecule has 0 bridgehead atoms. The van der Waals surface area contributed by atoms with Gasteiger partial charge in [-0.3, -0.25) is 4.79 Å². The van der Waals surface area contributed by atoms with E-state index in [9.17, 15) is 4.79 Å². The number of aliphatic carboxylic acids is 1. The van der Waals surface area contributed by atoms with Crippen molar-refractivity contribution in [2.75, 3.05) is 0 Å². The molecule has 108 valence electrons. The summed E-state index contributed by atoms with van der Waals surface area (Å²) in [6.45, 7) is 2.25. The molecule has 0 aliphatic heterocycles. The molecule has 0 aliphatic rings. The zero-order valence-electron chi connectivity index (χ0n) is 12.0. The summed E-state index contributed by atoms with van der Waals surface area (Å²) in [6, 6.07) is -0.156. The summed E-state index contributed by atoms with van der Waals surface area (Å²) >= 11 is 0. The van der Waals surface area contributed by atoms with Crippen LogP contribution in [0.3, 0.4) is 0 Å². The highest BCUT2D eigenvalue weighted by Gasteiger charge is 2.06. The van der Waals surface area contributed by atoms with Crippen LogP contribution < -0.4 is 5.73 Å². The largest absolute Gasteiger partial charge is 0.481 e. The third-order valence-corrected chi connectivity index (χ3v) is 3.37. The van der Waals surface area contributed by atoms with Crippen molar-refractivity contribution in [1.82, 2.24) is 0 Å². The Hall–Kier alpha value is -0.570. The van der Waals surface area contributed by atoms with E-state index >= 15 is 0 Å². The molecule has 1 unspecified atom stereocenters. The van der Waals surface area contributed by atoms with Crippen LogP contribution in [-0.2, 0) is 4.79 Å². The Kier molecular flexibility index (Phi) is 12.5. The molecule has 0 amide bonds. The molecule has 3 N–H and O–H groups in total. The molecule has 0 aromatic carbocycles. The summed E-state index contributed by atoms with van der Waals surface area (Å²) in [7, 11) is 0. The monoisotopic (exact) mass is 257 g/mol. The van der Waals surface area contributed by atoms with Gasteiger partial charge in [-0.25, -0.2) is 0 Å². The summed E-state index contributed by atoms with van der Waals surface area (Å²) in [5.74, 6) is -0.783. The predicted molar refractivity (Wildman–Crippen MR) is 76.7 cm³/mol. The lowest BCUT2D eigenvalue weighted by Crippen LogP contribution is -2.23. The zero-order chi connectivity index (χ0) is 13.6. The molecule has 0 aromatic rings. The average Bonchev–Trinajstić information content (AvgIpc) is 2.30. The van der Waals surface area contributed by atoms with Gasteiger partial charge in [0, 0.05) is 6.04 Å². The molecule has 0 aliphatic carbocycles. The van der Waals surface area contributed by atoms with Gasteiger partial charge < -0.3 is 10.8 Å². The van der Waals surface area contributed by atoms with E-state index in [1.807, 2.05) is 0 Å². The van der Waals surface area contributed by atoms with Crippen molar-refractivity contribution in [3.8, 4) is 0 Å². The van der Waals surface area contributed by atoms with Crippen molar-refractivity contribution in [1.29, 1.82) is 0 Å². The fraction of sp³-hybridized carbons (Fsp3) is 0.933. The van der Waals surface area contributed by atoms with Crippen LogP contribution in [0.4, 0.5) is 0 Å². The summed E-state index contributed by atoms with van der Waals surface area (Å²) in [4.78, 5) is 10.4. The Balaban J connectivity index is 3.09. The van der Waals surface area contributed by atoms with Gasteiger partial charge in [-0.1, -0.05) is 71.1 Å². The van der Waals surface area contributed by atoms with Crippen molar-refractivity contribution in [3.63, 3.8) is 0 Å². The first-order valence-corrected chi connectivity index (χ1v) is 7.64. The molecule has 0 fully saturated rings. The smallest absolute Gasteiger partial charge is 0.304 e. The predicted octanol–water partition coefficient (Wildman–Crippen LogP) is 4.10. The Bertz CT molecular complexity index is 195. The topological polar surface area (TPSA) is 63.3 Å². The van der Waals surface area contributed by atoms with Crippen LogP contribution in [0.2, 0.25) is 0 Å². The number of carboxylic acid groups (broad SMARTS) is 1. The summed E-state index contributed by atoms with van der Waals surface area (Å²) in [5.41, 5.74) is 5.70. The lowest BCUT2D eigenvalue weighted by Gasteiger charge is -2.08. The second-order valence-electron chi connectivity index (χ2n) is 5.33. The van der Waals surface area contributed by atoms with Crippen LogP contribution in [0.1, 0.15) is 84.0 Å². The number of hydrogen-bond donors (Lipinski definition) is 2. The number of unbranched alkanes of at least 4 members (excludes halogenated alkanes) is 9. The van der Waals surface area contributed by atoms with E-state index in [1.54, 1.807) is 0 Å². The normalized spacial score (nSPS) is 12.6. The molecule has 0 saturated heterocycles. The van der Waals surface area contributed by atoms with Crippen LogP contribution in [0.25, 0.3) is 0 Å². The van der Waals surface area contributed by atoms with Gasteiger partial charge in [0.1, 0.15) is 0 Å². The maximum atomic E-state index is 10.4. The molecule has 0 saturated carbocycles. The highest BCUT2D eigenvalue weighted by atomic mass is 16.4. The van der Waals surface area contributed by atoms with E-state index < -0.39 is 5.97 Å². The molecule has 3 nitrogen and oxygen atoms in total. The van der Waals surface area contributed by atoms with Crippen LogP contribution in [0.5, 0.6) is 0 Å². The highest BCUT2D eigenvalue weighted by molar-refractivity contribution is 5.67. The SMILES string of the molecule is CCCCCCCCCCCCC(N)CC(=O)O. The minimum absolute atomic E-state index is 0.109. The van der Waals surface area contributed by atoms with E-state index in [4.69, 9.17) is 10.8 Å². The van der Waals surface area contributed by atoms with Crippen molar-refractivity contribution >= 4 is 5.97 Å². The molecule has 0 aromatic heterocycles. The number of nitrogens with two attached hydrogens (primary N) is 1. The first-order valence-electron chi connectivity index (χ1n) is 7.64. The van der Waals surface area contributed by atoms with Gasteiger partial charge in [0.25, 0.3) is 0 Å². The van der Waals surface area contributed by atoms with E-state index in [1.165, 1.54) is 57.8 Å². The third-order valence-electron chi connectivity index (χ3n) is 3.37. The molecule has 0 spiro atoms. The first kappa shape index (κ1) is 17.4. The number of carbonyl (C=O) groups is 1. The van der Waals surface area contributed by atoms with E-state index in [-0.39, 0.29) is 12.5 Å². The minimum atomic E-state index is -0.783. The molecule has 3 heteroatoms. The molecular weight excluding hydrogens is 226 g/mol. The van der Waals surface area contributed by atoms with E-state index in [2.05, 4.69) is 6.92 Å². The Morgan fingerprint density at radius 2 is 1.39 bits per heavy atom. The fourth-order valence-electron chi connectivity index (χ4n) is 2.22. The Morgan fingerprint density at radius 1 is 0.944 bits per heavy atom. The fourth-order valence-corrected chi connectivity index (χ4v) is 2.22. The third kappa shape index (κ3) is 13.5. The van der Waals surface area contributed by atoms with Gasteiger partial charge in [0.05, 0.1) is 6.42 Å². The van der Waals surface area contributed by atoms with Crippen LogP contribution in [-0.4, -0.2) is 17.1 Å². The minimum Gasteiger partial charge on any atom is -0.481 e. The van der Waals surface area contributed by atoms with Gasteiger partial charge in [-0.05, 0) is 6.42 Å². The van der Waals surface area contributed by atoms with Gasteiger partial charge in [-0.15, -0.1) is 0 Å². The Morgan fingerprint density at radius 3 is 1.83 bits per heavy atom. The highest BCUT2D eigenvalue weighted by Crippen LogP contribution is 2.12. The van der Waals surface area contributed by atoms with Gasteiger partial charge in [-0.2, -0.15) is 0 Å². The second-order valence-corrected chi connectivity index (χ2v) is 5.33. The number of rotatable bonds is 13. The lowest BCUT2D eigenvalue weighted by molar-refractivity contribution is -0.137. The lowest BCUT2D eigenvalue weighted by atomic mass is 10.0. The first-order chi connectivity index (χ1) is 8.66. The van der Waals surface area contributed by atoms with Crippen LogP contribution in [0, 0.1) is 0 Å². The molecule has 1 atom stereocenters. The standard InChI is InChI=1S/C15H31NO2/c1-2-3-4-5-6-7-8-9-10-11-12-14(16)13-15(17)18/h14H,2-13,16H2,1H3,(H,17,18). The van der Waals surface area contributed by atoms with Gasteiger partial charge in [0.2, 0.25) is 0 Å². The maximum absolute atomic E-state index is 10.4. The summed E-state index contributed by atoms with van der Waals surface area (Å²) in [6.07, 6.45) is 14.0. The molecule has 0 heterocycles. The average molecular weight is 257 g/mol. The second kappa shape index (κ2) is 12.9. The maximum Gasteiger partial charge on any atom is 0.304 e. The van der Waals surface area contributed by atoms with Crippen LogP contribution >= 0.6 is 0 Å². The van der Waals surface area contributed by atoms with Gasteiger partial charge in [0.15, 0.2) is 0 Å².